The molecule has 0 bridgehead atoms. The van der Waals surface area contributed by atoms with E-state index in [1.165, 1.54) is 0 Å². The normalized spacial score (nSPS) is 21.3. The molecule has 0 aromatic heterocycles. The summed E-state index contributed by atoms with van der Waals surface area (Å²) in [5.74, 6) is 0.967. The number of aliphatic imine (C=N–C) groups is 1. The molecular weight excluding hydrogens is 348 g/mol. The quantitative estimate of drug-likeness (QED) is 0.509. The minimum atomic E-state index is -0.597. The van der Waals surface area contributed by atoms with Gasteiger partial charge in [-0.1, -0.05) is 0 Å². The molecule has 0 saturated heterocycles. The van der Waals surface area contributed by atoms with Gasteiger partial charge in [-0.3, -0.25) is 10.3 Å². The van der Waals surface area contributed by atoms with E-state index < -0.39 is 17.3 Å². The number of carbonyl (C=O) groups is 2. The number of ether oxygens (including phenoxy) is 2. The Morgan fingerprint density at radius 2 is 1.41 bits per heavy atom. The molecule has 156 valence electrons. The third kappa shape index (κ3) is 11.4. The van der Waals surface area contributed by atoms with Gasteiger partial charge in [0.05, 0.1) is 0 Å². The number of carbonyl (C=O) groups excluding carboxylic acids is 2. The third-order valence-corrected chi connectivity index (χ3v) is 4.05. The number of nitrogens with zero attached hydrogens (tertiary/aromatic N) is 1. The van der Waals surface area contributed by atoms with E-state index in [1.54, 1.807) is 20.8 Å². The van der Waals surface area contributed by atoms with Crippen LogP contribution in [0.5, 0.6) is 0 Å². The molecule has 0 radical (unpaired) electrons. The van der Waals surface area contributed by atoms with E-state index in [0.29, 0.717) is 24.9 Å². The molecule has 27 heavy (non-hydrogen) atoms. The number of hydrogen-bond donors (Lipinski definition) is 3. The number of alkyl carbamates (subject to hydrolysis) is 2. The van der Waals surface area contributed by atoms with Crippen molar-refractivity contribution in [3.63, 3.8) is 0 Å². The fraction of sp³-hybridized carbons (Fsp3) is 0.842. The molecule has 8 nitrogen and oxygen atoms in total. The van der Waals surface area contributed by atoms with Crippen molar-refractivity contribution < 1.29 is 19.1 Å². The molecule has 1 saturated carbocycles. The summed E-state index contributed by atoms with van der Waals surface area (Å²) in [7, 11) is 0. The number of nitrogens with one attached hydrogen (secondary N) is 2. The minimum Gasteiger partial charge on any atom is -0.444 e. The zero-order valence-electron chi connectivity index (χ0n) is 17.6. The lowest BCUT2D eigenvalue weighted by molar-refractivity contribution is 0.0510. The first-order valence-electron chi connectivity index (χ1n) is 9.61. The minimum absolute atomic E-state index is 0.0814. The van der Waals surface area contributed by atoms with Gasteiger partial charge in [0.15, 0.2) is 5.96 Å². The van der Waals surface area contributed by atoms with E-state index in [-0.39, 0.29) is 12.1 Å². The van der Waals surface area contributed by atoms with Gasteiger partial charge in [-0.15, -0.1) is 0 Å². The lowest BCUT2D eigenvalue weighted by atomic mass is 9.82. The SMILES string of the molecule is CC(C)(C)OC(=O)NCC1CCC(CN=C(N)NC(=O)OC(C)(C)C)CC1. The van der Waals surface area contributed by atoms with Gasteiger partial charge in [-0.2, -0.15) is 0 Å². The average molecular weight is 385 g/mol. The molecule has 0 unspecified atom stereocenters. The summed E-state index contributed by atoms with van der Waals surface area (Å²) in [5.41, 5.74) is 4.69. The predicted octanol–water partition coefficient (Wildman–Crippen LogP) is 3.16. The molecule has 0 heterocycles. The highest BCUT2D eigenvalue weighted by molar-refractivity contribution is 5.92. The highest BCUT2D eigenvalue weighted by atomic mass is 16.6. The summed E-state index contributed by atoms with van der Waals surface area (Å²) < 4.78 is 10.4. The van der Waals surface area contributed by atoms with Gasteiger partial charge in [0, 0.05) is 13.1 Å². The number of hydrogen-bond acceptors (Lipinski definition) is 5. The lowest BCUT2D eigenvalue weighted by Crippen LogP contribution is -2.40. The van der Waals surface area contributed by atoms with Crippen molar-refractivity contribution in [2.45, 2.75) is 78.4 Å². The third-order valence-electron chi connectivity index (χ3n) is 4.05. The van der Waals surface area contributed by atoms with Gasteiger partial charge in [0.1, 0.15) is 11.2 Å². The summed E-state index contributed by atoms with van der Waals surface area (Å²) in [6.45, 7) is 12.1. The van der Waals surface area contributed by atoms with E-state index >= 15 is 0 Å². The van der Waals surface area contributed by atoms with Crippen LogP contribution in [-0.4, -0.2) is 42.4 Å². The predicted molar refractivity (Wildman–Crippen MR) is 106 cm³/mol. The molecule has 1 aliphatic carbocycles. The molecule has 1 rings (SSSR count). The monoisotopic (exact) mass is 384 g/mol. The summed E-state index contributed by atoms with van der Waals surface area (Å²) in [5, 5.41) is 5.29. The van der Waals surface area contributed by atoms with Crippen LogP contribution >= 0.6 is 0 Å². The topological polar surface area (TPSA) is 115 Å². The van der Waals surface area contributed by atoms with Gasteiger partial charge >= 0.3 is 12.2 Å². The van der Waals surface area contributed by atoms with Crippen molar-refractivity contribution in [3.05, 3.63) is 0 Å². The van der Waals surface area contributed by atoms with Crippen LogP contribution in [-0.2, 0) is 9.47 Å². The van der Waals surface area contributed by atoms with Crippen LogP contribution in [0, 0.1) is 11.8 Å². The van der Waals surface area contributed by atoms with Gasteiger partial charge in [-0.25, -0.2) is 9.59 Å². The van der Waals surface area contributed by atoms with Crippen LogP contribution in [0.1, 0.15) is 67.2 Å². The van der Waals surface area contributed by atoms with Crippen molar-refractivity contribution in [1.82, 2.24) is 10.6 Å². The first kappa shape index (κ1) is 23.0. The van der Waals surface area contributed by atoms with E-state index in [0.717, 1.165) is 25.7 Å². The van der Waals surface area contributed by atoms with Gasteiger partial charge in [0.25, 0.3) is 0 Å². The van der Waals surface area contributed by atoms with Crippen LogP contribution in [0.4, 0.5) is 9.59 Å². The largest absolute Gasteiger partial charge is 0.444 e. The molecule has 1 aliphatic rings. The number of guanidine groups is 1. The molecular formula is C19H36N4O4. The maximum Gasteiger partial charge on any atom is 0.414 e. The molecule has 0 spiro atoms. The highest BCUT2D eigenvalue weighted by Crippen LogP contribution is 2.28. The summed E-state index contributed by atoms with van der Waals surface area (Å²) in [6.07, 6.45) is 3.12. The standard InChI is InChI=1S/C19H36N4O4/c1-18(2,3)26-16(24)22-12-14-9-7-13(8-10-14)11-21-15(20)23-17(25)27-19(4,5)6/h13-14H,7-12H2,1-6H3,(H,22,24)(H3,20,21,23,25). The first-order valence-corrected chi connectivity index (χ1v) is 9.61. The van der Waals surface area contributed by atoms with Crippen molar-refractivity contribution >= 4 is 18.1 Å². The fourth-order valence-electron chi connectivity index (χ4n) is 2.84. The first-order chi connectivity index (χ1) is 12.3. The Morgan fingerprint density at radius 1 is 0.926 bits per heavy atom. The van der Waals surface area contributed by atoms with Crippen molar-refractivity contribution in [1.29, 1.82) is 0 Å². The second-order valence-electron chi connectivity index (χ2n) is 9.12. The Hall–Kier alpha value is -1.99. The van der Waals surface area contributed by atoms with Gasteiger partial charge in [0.2, 0.25) is 0 Å². The van der Waals surface area contributed by atoms with E-state index in [4.69, 9.17) is 15.2 Å². The smallest absolute Gasteiger partial charge is 0.414 e. The van der Waals surface area contributed by atoms with Crippen LogP contribution in [0.3, 0.4) is 0 Å². The molecule has 0 atom stereocenters. The van der Waals surface area contributed by atoms with E-state index in [9.17, 15) is 9.59 Å². The summed E-state index contributed by atoms with van der Waals surface area (Å²) >= 11 is 0. The molecule has 4 N–H and O–H groups in total. The second kappa shape index (κ2) is 9.80. The van der Waals surface area contributed by atoms with Crippen LogP contribution in [0.25, 0.3) is 0 Å². The average Bonchev–Trinajstić information content (AvgIpc) is 2.48. The molecule has 2 amide bonds. The number of nitrogens with two attached hydrogens (primary N) is 1. The van der Waals surface area contributed by atoms with Gasteiger partial charge < -0.3 is 20.5 Å². The molecule has 1 fully saturated rings. The summed E-state index contributed by atoms with van der Waals surface area (Å²) in [4.78, 5) is 27.6. The van der Waals surface area contributed by atoms with Crippen LogP contribution in [0.15, 0.2) is 4.99 Å². The van der Waals surface area contributed by atoms with Crippen molar-refractivity contribution in [2.24, 2.45) is 22.6 Å². The van der Waals surface area contributed by atoms with E-state index in [2.05, 4.69) is 15.6 Å². The summed E-state index contributed by atoms with van der Waals surface area (Å²) in [6, 6.07) is 0. The van der Waals surface area contributed by atoms with Crippen LogP contribution < -0.4 is 16.4 Å². The molecule has 0 aromatic rings. The Morgan fingerprint density at radius 3 is 1.93 bits per heavy atom. The number of amides is 2. The van der Waals surface area contributed by atoms with E-state index in [1.807, 2.05) is 20.8 Å². The zero-order valence-corrected chi connectivity index (χ0v) is 17.6. The maximum atomic E-state index is 11.7. The Labute approximate surface area is 162 Å². The second-order valence-corrected chi connectivity index (χ2v) is 9.12. The molecule has 8 heteroatoms. The van der Waals surface area contributed by atoms with Crippen molar-refractivity contribution in [2.75, 3.05) is 13.1 Å². The molecule has 0 aliphatic heterocycles. The Bertz CT molecular complexity index is 527. The number of rotatable bonds is 4. The molecule has 0 aromatic carbocycles. The highest BCUT2D eigenvalue weighted by Gasteiger charge is 2.23. The van der Waals surface area contributed by atoms with Crippen molar-refractivity contribution in [3.8, 4) is 0 Å². The lowest BCUT2D eigenvalue weighted by Gasteiger charge is -2.28. The van der Waals surface area contributed by atoms with Gasteiger partial charge in [-0.05, 0) is 79.1 Å². The van der Waals surface area contributed by atoms with Crippen LogP contribution in [0.2, 0.25) is 0 Å². The Balaban J connectivity index is 2.26. The fourth-order valence-corrected chi connectivity index (χ4v) is 2.84. The maximum absolute atomic E-state index is 11.7. The Kier molecular flexibility index (Phi) is 8.37. The zero-order chi connectivity index (χ0) is 20.7.